The minimum Gasteiger partial charge on any atom is -0.492 e. The van der Waals surface area contributed by atoms with Crippen LogP contribution in [-0.2, 0) is 6.54 Å². The van der Waals surface area contributed by atoms with Gasteiger partial charge < -0.3 is 15.2 Å². The maximum Gasteiger partial charge on any atom is 0.137 e. The molecule has 1 rings (SSSR count). The minimum absolute atomic E-state index is 0.219. The zero-order valence-corrected chi connectivity index (χ0v) is 10.3. The smallest absolute Gasteiger partial charge is 0.137 e. The molecular weight excluding hydrogens is 226 g/mol. The normalized spacial score (nSPS) is 10.4. The van der Waals surface area contributed by atoms with Gasteiger partial charge in [-0.05, 0) is 37.6 Å². The van der Waals surface area contributed by atoms with Gasteiger partial charge in [0.1, 0.15) is 5.75 Å². The predicted octanol–water partition coefficient (Wildman–Crippen LogP) is 2.21. The third-order valence-corrected chi connectivity index (χ3v) is 2.43. The highest BCUT2D eigenvalue weighted by Gasteiger charge is 2.01. The van der Waals surface area contributed by atoms with Crippen molar-refractivity contribution < 1.29 is 9.84 Å². The van der Waals surface area contributed by atoms with E-state index in [1.165, 1.54) is 0 Å². The maximum absolute atomic E-state index is 8.63. The first-order chi connectivity index (χ1) is 7.77. The summed E-state index contributed by atoms with van der Waals surface area (Å²) in [7, 11) is 0. The molecule has 0 saturated carbocycles. The monoisotopic (exact) mass is 243 g/mol. The number of aliphatic hydroxyl groups is 1. The van der Waals surface area contributed by atoms with E-state index in [0.29, 0.717) is 11.6 Å². The Hall–Kier alpha value is -0.770. The highest BCUT2D eigenvalue weighted by Crippen LogP contribution is 2.25. The largest absolute Gasteiger partial charge is 0.492 e. The average Bonchev–Trinajstić information content (AvgIpc) is 2.28. The van der Waals surface area contributed by atoms with Crippen LogP contribution in [0.1, 0.15) is 18.9 Å². The maximum atomic E-state index is 8.63. The van der Waals surface area contributed by atoms with Gasteiger partial charge in [-0.1, -0.05) is 17.7 Å². The van der Waals surface area contributed by atoms with Gasteiger partial charge in [-0.25, -0.2) is 0 Å². The van der Waals surface area contributed by atoms with Gasteiger partial charge in [-0.3, -0.25) is 0 Å². The molecule has 90 valence electrons. The zero-order chi connectivity index (χ0) is 11.8. The molecule has 0 spiro atoms. The number of nitrogens with one attached hydrogen (secondary N) is 1. The Morgan fingerprint density at radius 2 is 2.25 bits per heavy atom. The van der Waals surface area contributed by atoms with Crippen LogP contribution in [0.3, 0.4) is 0 Å². The summed E-state index contributed by atoms with van der Waals surface area (Å²) >= 11 is 6.06. The molecule has 0 atom stereocenters. The van der Waals surface area contributed by atoms with Crippen LogP contribution in [0, 0.1) is 0 Å². The lowest BCUT2D eigenvalue weighted by Gasteiger charge is -2.08. The van der Waals surface area contributed by atoms with Crippen LogP contribution in [-0.4, -0.2) is 24.9 Å². The third kappa shape index (κ3) is 4.39. The molecule has 0 saturated heterocycles. The van der Waals surface area contributed by atoms with Crippen molar-refractivity contribution in [2.75, 3.05) is 19.8 Å². The summed E-state index contributed by atoms with van der Waals surface area (Å²) in [4.78, 5) is 0. The molecule has 4 heteroatoms. The van der Waals surface area contributed by atoms with Crippen molar-refractivity contribution in [2.45, 2.75) is 19.9 Å². The molecular formula is C12H18ClNO2. The van der Waals surface area contributed by atoms with E-state index < -0.39 is 0 Å². The Morgan fingerprint density at radius 3 is 2.88 bits per heavy atom. The Kier molecular flexibility index (Phi) is 6.23. The highest BCUT2D eigenvalue weighted by atomic mass is 35.5. The molecule has 2 N–H and O–H groups in total. The van der Waals surface area contributed by atoms with Crippen molar-refractivity contribution in [1.82, 2.24) is 5.32 Å². The van der Waals surface area contributed by atoms with Crippen molar-refractivity contribution in [1.29, 1.82) is 0 Å². The SMILES string of the molecule is CCOc1ccc(CNCCCO)cc1Cl. The predicted molar refractivity (Wildman–Crippen MR) is 66.0 cm³/mol. The van der Waals surface area contributed by atoms with Crippen molar-refractivity contribution in [3.63, 3.8) is 0 Å². The lowest BCUT2D eigenvalue weighted by molar-refractivity contribution is 0.286. The van der Waals surface area contributed by atoms with Crippen LogP contribution < -0.4 is 10.1 Å². The fourth-order valence-corrected chi connectivity index (χ4v) is 1.62. The summed E-state index contributed by atoms with van der Waals surface area (Å²) in [5.41, 5.74) is 1.12. The van der Waals surface area contributed by atoms with Crippen LogP contribution in [0.25, 0.3) is 0 Å². The van der Waals surface area contributed by atoms with Crippen LogP contribution in [0.15, 0.2) is 18.2 Å². The quantitative estimate of drug-likeness (QED) is 0.722. The van der Waals surface area contributed by atoms with Crippen LogP contribution in [0.5, 0.6) is 5.75 Å². The van der Waals surface area contributed by atoms with E-state index in [1.54, 1.807) is 0 Å². The topological polar surface area (TPSA) is 41.5 Å². The lowest BCUT2D eigenvalue weighted by Crippen LogP contribution is -2.15. The second-order valence-electron chi connectivity index (χ2n) is 3.45. The Morgan fingerprint density at radius 1 is 1.44 bits per heavy atom. The Labute approximate surface area is 101 Å². The number of benzene rings is 1. The Balaban J connectivity index is 2.46. The number of aliphatic hydroxyl groups excluding tert-OH is 1. The molecule has 0 aliphatic carbocycles. The fourth-order valence-electron chi connectivity index (χ4n) is 1.36. The van der Waals surface area contributed by atoms with Crippen LogP contribution >= 0.6 is 11.6 Å². The molecule has 3 nitrogen and oxygen atoms in total. The molecule has 0 aliphatic rings. The average molecular weight is 244 g/mol. The number of ether oxygens (including phenoxy) is 1. The molecule has 16 heavy (non-hydrogen) atoms. The summed E-state index contributed by atoms with van der Waals surface area (Å²) in [5.74, 6) is 0.725. The van der Waals surface area contributed by atoms with E-state index in [-0.39, 0.29) is 6.61 Å². The van der Waals surface area contributed by atoms with E-state index in [1.807, 2.05) is 25.1 Å². The summed E-state index contributed by atoms with van der Waals surface area (Å²) < 4.78 is 5.35. The van der Waals surface area contributed by atoms with Crippen LogP contribution in [0.4, 0.5) is 0 Å². The van der Waals surface area contributed by atoms with Crippen molar-refractivity contribution in [3.05, 3.63) is 28.8 Å². The summed E-state index contributed by atoms with van der Waals surface area (Å²) in [6.07, 6.45) is 0.769. The first kappa shape index (κ1) is 13.3. The van der Waals surface area contributed by atoms with Crippen molar-refractivity contribution in [2.24, 2.45) is 0 Å². The second-order valence-corrected chi connectivity index (χ2v) is 3.86. The highest BCUT2D eigenvalue weighted by molar-refractivity contribution is 6.32. The molecule has 0 bridgehead atoms. The molecule has 1 aromatic rings. The molecule has 0 amide bonds. The standard InChI is InChI=1S/C12H18ClNO2/c1-2-16-12-5-4-10(8-11(12)13)9-14-6-3-7-15/h4-5,8,14-15H,2-3,6-7,9H2,1H3. The number of rotatable bonds is 7. The van der Waals surface area contributed by atoms with Gasteiger partial charge in [0.2, 0.25) is 0 Å². The summed E-state index contributed by atoms with van der Waals surface area (Å²) in [6, 6.07) is 5.77. The first-order valence-corrected chi connectivity index (χ1v) is 5.88. The number of hydrogen-bond donors (Lipinski definition) is 2. The van der Waals surface area contributed by atoms with E-state index in [2.05, 4.69) is 5.32 Å². The summed E-state index contributed by atoms with van der Waals surface area (Å²) in [6.45, 7) is 4.33. The molecule has 0 unspecified atom stereocenters. The third-order valence-electron chi connectivity index (χ3n) is 2.14. The van der Waals surface area contributed by atoms with Gasteiger partial charge in [0.25, 0.3) is 0 Å². The Bertz CT molecular complexity index is 318. The molecule has 0 aromatic heterocycles. The lowest BCUT2D eigenvalue weighted by atomic mass is 10.2. The van der Waals surface area contributed by atoms with Gasteiger partial charge in [0.15, 0.2) is 0 Å². The van der Waals surface area contributed by atoms with Gasteiger partial charge in [-0.15, -0.1) is 0 Å². The molecule has 1 aromatic carbocycles. The first-order valence-electron chi connectivity index (χ1n) is 5.50. The molecule has 0 radical (unpaired) electrons. The molecule has 0 fully saturated rings. The van der Waals surface area contributed by atoms with Gasteiger partial charge in [0.05, 0.1) is 11.6 Å². The van der Waals surface area contributed by atoms with E-state index >= 15 is 0 Å². The van der Waals surface area contributed by atoms with Crippen molar-refractivity contribution in [3.8, 4) is 5.75 Å². The second kappa shape index (κ2) is 7.49. The van der Waals surface area contributed by atoms with E-state index in [4.69, 9.17) is 21.4 Å². The molecule has 0 aliphatic heterocycles. The van der Waals surface area contributed by atoms with Gasteiger partial charge in [-0.2, -0.15) is 0 Å². The summed E-state index contributed by atoms with van der Waals surface area (Å²) in [5, 5.41) is 12.5. The zero-order valence-electron chi connectivity index (χ0n) is 9.50. The van der Waals surface area contributed by atoms with E-state index in [9.17, 15) is 0 Å². The van der Waals surface area contributed by atoms with Gasteiger partial charge >= 0.3 is 0 Å². The fraction of sp³-hybridized carbons (Fsp3) is 0.500. The minimum atomic E-state index is 0.219. The number of hydrogen-bond acceptors (Lipinski definition) is 3. The van der Waals surface area contributed by atoms with E-state index in [0.717, 1.165) is 30.8 Å². The number of halogens is 1. The van der Waals surface area contributed by atoms with Crippen molar-refractivity contribution >= 4 is 11.6 Å². The van der Waals surface area contributed by atoms with Gasteiger partial charge in [0, 0.05) is 13.2 Å². The van der Waals surface area contributed by atoms with Crippen LogP contribution in [0.2, 0.25) is 5.02 Å². The molecule has 0 heterocycles.